The molecule has 0 fully saturated rings. The van der Waals surface area contributed by atoms with Gasteiger partial charge in [0.15, 0.2) is 0 Å². The minimum Gasteiger partial charge on any atom is -0.433 e. The predicted molar refractivity (Wildman–Crippen MR) is 87.6 cm³/mol. The summed E-state index contributed by atoms with van der Waals surface area (Å²) in [4.78, 5) is 12.5. The molecule has 2 nitrogen and oxygen atoms in total. The Labute approximate surface area is 118 Å². The highest BCUT2D eigenvalue weighted by molar-refractivity contribution is 6.90. The molecule has 1 aliphatic rings. The highest BCUT2D eigenvalue weighted by Crippen LogP contribution is 2.21. The van der Waals surface area contributed by atoms with Gasteiger partial charge >= 0.3 is 5.63 Å². The van der Waals surface area contributed by atoms with Crippen molar-refractivity contribution < 1.29 is 4.42 Å². The molecule has 1 aromatic heterocycles. The van der Waals surface area contributed by atoms with Crippen molar-refractivity contribution in [3.05, 3.63) is 21.5 Å². The topological polar surface area (TPSA) is 30.2 Å². The Morgan fingerprint density at radius 1 is 0.842 bits per heavy atom. The fourth-order valence-corrected chi connectivity index (χ4v) is 6.55. The van der Waals surface area contributed by atoms with Gasteiger partial charge in [-0.15, -0.1) is 0 Å². The van der Waals surface area contributed by atoms with Crippen LogP contribution in [0.5, 0.6) is 0 Å². The number of fused-ring (bicyclic) bond motifs is 1. The first-order valence-corrected chi connectivity index (χ1v) is 14.3. The summed E-state index contributed by atoms with van der Waals surface area (Å²) in [6, 6.07) is 0. The van der Waals surface area contributed by atoms with Gasteiger partial charge in [-0.1, -0.05) is 39.3 Å². The van der Waals surface area contributed by atoms with Gasteiger partial charge in [-0.2, -0.15) is 0 Å². The van der Waals surface area contributed by atoms with Gasteiger partial charge in [-0.05, 0) is 36.8 Å². The molecule has 1 aliphatic carbocycles. The van der Waals surface area contributed by atoms with E-state index in [1.165, 1.54) is 24.0 Å². The highest BCUT2D eigenvalue weighted by atomic mass is 28.3. The molecule has 19 heavy (non-hydrogen) atoms. The van der Waals surface area contributed by atoms with Crippen molar-refractivity contribution in [2.75, 3.05) is 0 Å². The molecular weight excluding hydrogens is 268 g/mol. The molecule has 0 radical (unpaired) electrons. The van der Waals surface area contributed by atoms with Gasteiger partial charge in [-0.25, -0.2) is 4.79 Å². The van der Waals surface area contributed by atoms with Crippen LogP contribution < -0.4 is 16.2 Å². The van der Waals surface area contributed by atoms with E-state index in [-0.39, 0.29) is 5.63 Å². The average molecular weight is 295 g/mol. The highest BCUT2D eigenvalue weighted by Gasteiger charge is 2.33. The van der Waals surface area contributed by atoms with Gasteiger partial charge in [0.05, 0.1) is 13.5 Å². The zero-order valence-electron chi connectivity index (χ0n) is 13.1. The zero-order chi connectivity index (χ0) is 14.4. The second kappa shape index (κ2) is 4.74. The van der Waals surface area contributed by atoms with E-state index < -0.39 is 16.1 Å². The first kappa shape index (κ1) is 14.8. The minimum absolute atomic E-state index is 0.0303. The van der Waals surface area contributed by atoms with E-state index in [0.717, 1.165) is 23.4 Å². The smallest absolute Gasteiger partial charge is 0.334 e. The zero-order valence-corrected chi connectivity index (χ0v) is 15.1. The Balaban J connectivity index is 2.79. The summed E-state index contributed by atoms with van der Waals surface area (Å²) in [5.41, 5.74) is 2.75. The third-order valence-corrected chi connectivity index (χ3v) is 7.65. The van der Waals surface area contributed by atoms with E-state index in [1.807, 2.05) is 0 Å². The Hall–Kier alpha value is -0.616. The quantitative estimate of drug-likeness (QED) is 0.785. The Morgan fingerprint density at radius 3 is 1.84 bits per heavy atom. The van der Waals surface area contributed by atoms with Gasteiger partial charge in [0, 0.05) is 5.19 Å². The molecular formula is C15H26O2Si2. The lowest BCUT2D eigenvalue weighted by molar-refractivity contribution is 0.527. The molecule has 0 saturated carbocycles. The van der Waals surface area contributed by atoms with E-state index in [9.17, 15) is 4.79 Å². The summed E-state index contributed by atoms with van der Waals surface area (Å²) >= 11 is 0. The summed E-state index contributed by atoms with van der Waals surface area (Å²) in [7, 11) is -3.21. The molecule has 0 atom stereocenters. The van der Waals surface area contributed by atoms with Gasteiger partial charge in [0.2, 0.25) is 0 Å². The fourth-order valence-electron chi connectivity index (χ4n) is 3.12. The second-order valence-corrected chi connectivity index (χ2v) is 17.7. The lowest BCUT2D eigenvalue weighted by atomic mass is 9.94. The van der Waals surface area contributed by atoms with Crippen LogP contribution in [-0.4, -0.2) is 16.1 Å². The standard InChI is InChI=1S/C15H26O2Si2/c1-18(2,3)13-11-9-7-8-10-12(11)15(17-14(13)16)19(4,5)6/h7-10H2,1-6H3. The van der Waals surface area contributed by atoms with Crippen LogP contribution in [0.2, 0.25) is 39.3 Å². The van der Waals surface area contributed by atoms with Crippen LogP contribution in [0.25, 0.3) is 0 Å². The number of hydrogen-bond donors (Lipinski definition) is 0. The molecule has 4 heteroatoms. The summed E-state index contributed by atoms with van der Waals surface area (Å²) in [5, 5.41) is 2.12. The molecule has 0 aliphatic heterocycles. The first-order valence-electron chi connectivity index (χ1n) is 7.32. The average Bonchev–Trinajstić information content (AvgIpc) is 2.24. The molecule has 0 spiro atoms. The van der Waals surface area contributed by atoms with Crippen LogP contribution >= 0.6 is 0 Å². The van der Waals surface area contributed by atoms with E-state index >= 15 is 0 Å². The molecule has 0 unspecified atom stereocenters. The lowest BCUT2D eigenvalue weighted by Gasteiger charge is -2.29. The van der Waals surface area contributed by atoms with E-state index in [0.29, 0.717) is 0 Å². The van der Waals surface area contributed by atoms with Crippen LogP contribution in [0.4, 0.5) is 0 Å². The monoisotopic (exact) mass is 294 g/mol. The van der Waals surface area contributed by atoms with E-state index in [1.54, 1.807) is 0 Å². The maximum Gasteiger partial charge on any atom is 0.334 e. The lowest BCUT2D eigenvalue weighted by Crippen LogP contribution is -2.55. The van der Waals surface area contributed by atoms with Crippen molar-refractivity contribution in [1.29, 1.82) is 0 Å². The normalized spacial score (nSPS) is 16.3. The van der Waals surface area contributed by atoms with Gasteiger partial charge in [-0.3, -0.25) is 0 Å². The van der Waals surface area contributed by atoms with Gasteiger partial charge in [0.25, 0.3) is 0 Å². The third kappa shape index (κ3) is 2.79. The largest absolute Gasteiger partial charge is 0.433 e. The maximum absolute atomic E-state index is 12.5. The Bertz CT molecular complexity index is 545. The summed E-state index contributed by atoms with van der Waals surface area (Å²) in [6.45, 7) is 13.6. The predicted octanol–water partition coefficient (Wildman–Crippen LogP) is 2.61. The van der Waals surface area contributed by atoms with Crippen molar-refractivity contribution in [3.63, 3.8) is 0 Å². The van der Waals surface area contributed by atoms with Crippen LogP contribution in [-0.2, 0) is 12.8 Å². The van der Waals surface area contributed by atoms with E-state index in [4.69, 9.17) is 4.42 Å². The maximum atomic E-state index is 12.5. The summed E-state index contributed by atoms with van der Waals surface area (Å²) in [6.07, 6.45) is 4.65. The van der Waals surface area contributed by atoms with Crippen LogP contribution in [0.15, 0.2) is 9.21 Å². The summed E-state index contributed by atoms with van der Waals surface area (Å²) in [5.74, 6) is 0. The fraction of sp³-hybridized carbons (Fsp3) is 0.667. The molecule has 0 saturated heterocycles. The van der Waals surface area contributed by atoms with Crippen LogP contribution in [0, 0.1) is 0 Å². The van der Waals surface area contributed by atoms with Crippen molar-refractivity contribution in [2.45, 2.75) is 65.0 Å². The molecule has 0 aromatic carbocycles. The van der Waals surface area contributed by atoms with Crippen LogP contribution in [0.1, 0.15) is 24.0 Å². The SMILES string of the molecule is C[Si](C)(C)c1oc(=O)c([Si](C)(C)C)c2c1CCCC2. The number of rotatable bonds is 2. The minimum atomic E-state index is -1.63. The molecule has 0 N–H and O–H groups in total. The molecule has 1 aromatic rings. The second-order valence-electron chi connectivity index (χ2n) is 7.76. The third-order valence-electron chi connectivity index (χ3n) is 3.87. The Morgan fingerprint density at radius 2 is 1.37 bits per heavy atom. The first-order chi connectivity index (χ1) is 8.62. The molecule has 106 valence electrons. The van der Waals surface area contributed by atoms with Gasteiger partial charge < -0.3 is 4.42 Å². The molecule has 1 heterocycles. The van der Waals surface area contributed by atoms with Crippen molar-refractivity contribution in [2.24, 2.45) is 0 Å². The van der Waals surface area contributed by atoms with Crippen LogP contribution in [0.3, 0.4) is 0 Å². The molecule has 0 bridgehead atoms. The van der Waals surface area contributed by atoms with Crippen molar-refractivity contribution >= 4 is 26.7 Å². The Kier molecular flexibility index (Phi) is 3.69. The van der Waals surface area contributed by atoms with Gasteiger partial charge in [0.1, 0.15) is 8.07 Å². The molecule has 2 rings (SSSR count). The molecule has 0 amide bonds. The summed E-state index contributed by atoms with van der Waals surface area (Å²) < 4.78 is 5.84. The van der Waals surface area contributed by atoms with Crippen molar-refractivity contribution in [3.8, 4) is 0 Å². The van der Waals surface area contributed by atoms with Crippen molar-refractivity contribution in [1.82, 2.24) is 0 Å². The number of hydrogen-bond acceptors (Lipinski definition) is 2. The van der Waals surface area contributed by atoms with E-state index in [2.05, 4.69) is 39.3 Å².